The molecule has 0 amide bonds. The van der Waals surface area contributed by atoms with Crippen molar-refractivity contribution in [3.8, 4) is 11.5 Å². The predicted molar refractivity (Wildman–Crippen MR) is 122 cm³/mol. The van der Waals surface area contributed by atoms with E-state index in [4.69, 9.17) is 21.1 Å². The fourth-order valence-corrected chi connectivity index (χ4v) is 3.74. The molecule has 0 fully saturated rings. The average molecular weight is 421 g/mol. The van der Waals surface area contributed by atoms with Crippen LogP contribution in [0.4, 0.5) is 0 Å². The number of ether oxygens (including phenoxy) is 2. The van der Waals surface area contributed by atoms with Gasteiger partial charge in [-0.1, -0.05) is 66.0 Å². The van der Waals surface area contributed by atoms with Crippen molar-refractivity contribution in [3.63, 3.8) is 0 Å². The molecule has 162 valence electrons. The van der Waals surface area contributed by atoms with Crippen LogP contribution in [-0.4, -0.2) is 23.9 Å². The maximum Gasteiger partial charge on any atom is 0.138 e. The second-order valence-electron chi connectivity index (χ2n) is 9.73. The molecule has 0 aliphatic rings. The zero-order valence-electron chi connectivity index (χ0n) is 19.1. The van der Waals surface area contributed by atoms with Crippen LogP contribution in [0.3, 0.4) is 0 Å². The Labute approximate surface area is 181 Å². The molecular weight excluding hydrogens is 384 g/mol. The number of aromatic amines is 1. The van der Waals surface area contributed by atoms with Crippen molar-refractivity contribution in [1.29, 1.82) is 0 Å². The molecule has 0 radical (unpaired) electrons. The number of rotatable bonds is 9. The quantitative estimate of drug-likeness (QED) is 0.451. The first kappa shape index (κ1) is 23.6. The van der Waals surface area contributed by atoms with Crippen molar-refractivity contribution in [2.24, 2.45) is 0 Å². The molecule has 2 aromatic rings. The highest BCUT2D eigenvalue weighted by Crippen LogP contribution is 2.33. The van der Waals surface area contributed by atoms with E-state index in [-0.39, 0.29) is 10.8 Å². The van der Waals surface area contributed by atoms with Crippen LogP contribution in [0.1, 0.15) is 84.2 Å². The highest BCUT2D eigenvalue weighted by molar-refractivity contribution is 6.32. The summed E-state index contributed by atoms with van der Waals surface area (Å²) < 4.78 is 11.0. The Bertz CT molecular complexity index is 754. The number of nitrogens with one attached hydrogen (secondary N) is 1. The van der Waals surface area contributed by atoms with E-state index >= 15 is 0 Å². The first-order chi connectivity index (χ1) is 13.5. The van der Waals surface area contributed by atoms with Crippen LogP contribution in [0.2, 0.25) is 5.02 Å². The lowest BCUT2D eigenvalue weighted by Crippen LogP contribution is -2.18. The van der Waals surface area contributed by atoms with E-state index in [0.717, 1.165) is 37.2 Å². The second-order valence-corrected chi connectivity index (χ2v) is 10.1. The van der Waals surface area contributed by atoms with Gasteiger partial charge in [-0.15, -0.1) is 0 Å². The van der Waals surface area contributed by atoms with E-state index in [1.165, 1.54) is 23.4 Å². The third-order valence-corrected chi connectivity index (χ3v) is 5.34. The van der Waals surface area contributed by atoms with E-state index in [2.05, 4.69) is 51.7 Å². The summed E-state index contributed by atoms with van der Waals surface area (Å²) >= 11 is 6.22. The minimum absolute atomic E-state index is 0.0564. The largest absolute Gasteiger partial charge is 0.497 e. The summed E-state index contributed by atoms with van der Waals surface area (Å²) in [4.78, 5) is 0. The minimum Gasteiger partial charge on any atom is -0.497 e. The molecule has 4 nitrogen and oxygen atoms in total. The first-order valence-corrected chi connectivity index (χ1v) is 11.0. The fraction of sp³-hybridized carbons (Fsp3) is 0.625. The summed E-state index contributed by atoms with van der Waals surface area (Å²) in [5.74, 6) is 1.46. The molecule has 29 heavy (non-hydrogen) atoms. The Hall–Kier alpha value is -1.68. The van der Waals surface area contributed by atoms with Crippen LogP contribution in [0.25, 0.3) is 0 Å². The number of benzene rings is 1. The molecular formula is C24H37ClN2O2. The minimum atomic E-state index is 0.0564. The molecule has 0 unspecified atom stereocenters. The standard InChI is InChI=1S/C24H37ClN2O2/c1-23(2,3)21-18(22(27-26-21)24(4,5)6)12-10-8-9-11-15-29-20-14-13-17(28-7)16-19(20)25/h13-14,16H,8-12,15H2,1-7H3,(H,26,27). The third kappa shape index (κ3) is 6.67. The van der Waals surface area contributed by atoms with Crippen LogP contribution in [-0.2, 0) is 17.3 Å². The Morgan fingerprint density at radius 3 is 2.24 bits per heavy atom. The third-order valence-electron chi connectivity index (χ3n) is 5.05. The van der Waals surface area contributed by atoms with Gasteiger partial charge in [0.25, 0.3) is 0 Å². The lowest BCUT2D eigenvalue weighted by Gasteiger charge is -2.22. The molecule has 1 N–H and O–H groups in total. The maximum atomic E-state index is 6.22. The molecule has 0 spiro atoms. The molecule has 1 aromatic carbocycles. The highest BCUT2D eigenvalue weighted by atomic mass is 35.5. The van der Waals surface area contributed by atoms with Crippen LogP contribution in [0.15, 0.2) is 18.2 Å². The summed E-state index contributed by atoms with van der Waals surface area (Å²) in [6, 6.07) is 5.51. The average Bonchev–Trinajstić information content (AvgIpc) is 3.06. The van der Waals surface area contributed by atoms with Crippen molar-refractivity contribution in [2.45, 2.75) is 84.5 Å². The van der Waals surface area contributed by atoms with Crippen molar-refractivity contribution in [1.82, 2.24) is 10.2 Å². The molecule has 1 heterocycles. The summed E-state index contributed by atoms with van der Waals surface area (Å²) in [5.41, 5.74) is 4.03. The van der Waals surface area contributed by atoms with Gasteiger partial charge in [-0.25, -0.2) is 0 Å². The number of hydrogen-bond donors (Lipinski definition) is 1. The molecule has 5 heteroatoms. The van der Waals surface area contributed by atoms with E-state index in [9.17, 15) is 0 Å². The lowest BCUT2D eigenvalue weighted by atomic mass is 9.82. The van der Waals surface area contributed by atoms with E-state index in [1.54, 1.807) is 13.2 Å². The molecule has 0 bridgehead atoms. The zero-order valence-corrected chi connectivity index (χ0v) is 19.9. The van der Waals surface area contributed by atoms with Gasteiger partial charge < -0.3 is 9.47 Å². The molecule has 0 aliphatic carbocycles. The Kier molecular flexibility index (Phi) is 8.04. The highest BCUT2D eigenvalue weighted by Gasteiger charge is 2.28. The molecule has 0 aliphatic heterocycles. The van der Waals surface area contributed by atoms with E-state index < -0.39 is 0 Å². The van der Waals surface area contributed by atoms with Crippen LogP contribution < -0.4 is 9.47 Å². The molecule has 0 saturated carbocycles. The summed E-state index contributed by atoms with van der Waals surface area (Å²) in [7, 11) is 1.63. The van der Waals surface area contributed by atoms with Gasteiger partial charge in [0.2, 0.25) is 0 Å². The maximum absolute atomic E-state index is 6.22. The Morgan fingerprint density at radius 1 is 0.966 bits per heavy atom. The topological polar surface area (TPSA) is 47.1 Å². The van der Waals surface area contributed by atoms with Gasteiger partial charge >= 0.3 is 0 Å². The number of halogens is 1. The van der Waals surface area contributed by atoms with Crippen molar-refractivity contribution in [2.75, 3.05) is 13.7 Å². The van der Waals surface area contributed by atoms with E-state index in [1.807, 2.05) is 12.1 Å². The van der Waals surface area contributed by atoms with Crippen molar-refractivity contribution >= 4 is 11.6 Å². The van der Waals surface area contributed by atoms with Gasteiger partial charge in [0.15, 0.2) is 0 Å². The number of hydrogen-bond acceptors (Lipinski definition) is 3. The fourth-order valence-electron chi connectivity index (χ4n) is 3.51. The summed E-state index contributed by atoms with van der Waals surface area (Å²) in [6.45, 7) is 14.1. The van der Waals surface area contributed by atoms with Gasteiger partial charge in [0.1, 0.15) is 11.5 Å². The summed E-state index contributed by atoms with van der Waals surface area (Å²) in [5, 5.41) is 8.58. The lowest BCUT2D eigenvalue weighted by molar-refractivity contribution is 0.304. The number of aromatic nitrogens is 2. The van der Waals surface area contributed by atoms with Gasteiger partial charge in [-0.2, -0.15) is 5.10 Å². The van der Waals surface area contributed by atoms with Gasteiger partial charge in [-0.3, -0.25) is 5.10 Å². The number of H-pyrrole nitrogens is 1. The smallest absolute Gasteiger partial charge is 0.138 e. The zero-order chi connectivity index (χ0) is 21.7. The van der Waals surface area contributed by atoms with Crippen LogP contribution >= 0.6 is 11.6 Å². The van der Waals surface area contributed by atoms with E-state index in [0.29, 0.717) is 11.6 Å². The number of nitrogens with zero attached hydrogens (tertiary/aromatic N) is 1. The van der Waals surface area contributed by atoms with Gasteiger partial charge in [0.05, 0.1) is 24.4 Å². The summed E-state index contributed by atoms with van der Waals surface area (Å²) in [6.07, 6.45) is 5.57. The molecule has 2 rings (SSSR count). The second kappa shape index (κ2) is 9.88. The predicted octanol–water partition coefficient (Wildman–Crippen LogP) is 6.85. The Morgan fingerprint density at radius 2 is 1.66 bits per heavy atom. The Balaban J connectivity index is 1.80. The van der Waals surface area contributed by atoms with Gasteiger partial charge in [-0.05, 0) is 37.0 Å². The monoisotopic (exact) mass is 420 g/mol. The van der Waals surface area contributed by atoms with Crippen LogP contribution in [0, 0.1) is 0 Å². The van der Waals surface area contributed by atoms with Crippen molar-refractivity contribution < 1.29 is 9.47 Å². The molecule has 1 aromatic heterocycles. The number of unbranched alkanes of at least 4 members (excludes halogenated alkanes) is 3. The number of methoxy groups -OCH3 is 1. The molecule has 0 saturated heterocycles. The van der Waals surface area contributed by atoms with Crippen molar-refractivity contribution in [3.05, 3.63) is 40.2 Å². The molecule has 0 atom stereocenters. The first-order valence-electron chi connectivity index (χ1n) is 10.6. The van der Waals surface area contributed by atoms with Gasteiger partial charge in [0, 0.05) is 22.6 Å². The normalized spacial score (nSPS) is 12.3. The SMILES string of the molecule is COc1ccc(OCCCCCCc2c(C(C)(C)C)n[nH]c2C(C)(C)C)c(Cl)c1. The van der Waals surface area contributed by atoms with Crippen LogP contribution in [0.5, 0.6) is 11.5 Å².